The third kappa shape index (κ3) is 3.40. The zero-order chi connectivity index (χ0) is 17.6. The summed E-state index contributed by atoms with van der Waals surface area (Å²) in [6, 6.07) is 1.95. The first-order chi connectivity index (χ1) is 10.4. The molecule has 0 aromatic heterocycles. The molecule has 1 saturated heterocycles. The molecule has 0 radical (unpaired) electrons. The summed E-state index contributed by atoms with van der Waals surface area (Å²) in [7, 11) is -0.883. The van der Waals surface area contributed by atoms with Gasteiger partial charge in [0.2, 0.25) is 0 Å². The van der Waals surface area contributed by atoms with Gasteiger partial charge in [0, 0.05) is 6.04 Å². The topological polar surface area (TPSA) is 47.6 Å². The van der Waals surface area contributed by atoms with Gasteiger partial charge in [-0.25, -0.2) is 8.78 Å². The summed E-state index contributed by atoms with van der Waals surface area (Å²) in [6.07, 6.45) is 0. The molecule has 1 amide bonds. The summed E-state index contributed by atoms with van der Waals surface area (Å²) in [4.78, 5) is 11.9. The molecule has 2 rings (SSSR count). The molecule has 1 N–H and O–H groups in total. The van der Waals surface area contributed by atoms with E-state index in [1.807, 2.05) is 27.7 Å². The van der Waals surface area contributed by atoms with Crippen molar-refractivity contribution < 1.29 is 22.9 Å². The number of benzene rings is 1. The van der Waals surface area contributed by atoms with E-state index in [0.717, 1.165) is 12.1 Å². The van der Waals surface area contributed by atoms with Gasteiger partial charge in [-0.05, 0) is 59.1 Å². The van der Waals surface area contributed by atoms with Crippen LogP contribution in [0.2, 0.25) is 0 Å². The van der Waals surface area contributed by atoms with Crippen LogP contribution in [0.25, 0.3) is 0 Å². The first-order valence-electron chi connectivity index (χ1n) is 7.60. The van der Waals surface area contributed by atoms with Crippen molar-refractivity contribution in [2.45, 2.75) is 58.8 Å². The SMILES string of the molecule is CC(C)NC(=O)c1c(F)cc(B2OC(C)(C)C(C)(C)O2)cc1F. The molecule has 0 aliphatic carbocycles. The second-order valence-corrected chi connectivity index (χ2v) is 7.08. The quantitative estimate of drug-likeness (QED) is 0.868. The number of hydrogen-bond donors (Lipinski definition) is 1. The average Bonchev–Trinajstić information content (AvgIpc) is 2.56. The van der Waals surface area contributed by atoms with Gasteiger partial charge in [0.15, 0.2) is 0 Å². The van der Waals surface area contributed by atoms with Crippen LogP contribution in [0.1, 0.15) is 51.9 Å². The lowest BCUT2D eigenvalue weighted by molar-refractivity contribution is 0.00578. The minimum atomic E-state index is -0.937. The monoisotopic (exact) mass is 325 g/mol. The smallest absolute Gasteiger partial charge is 0.399 e. The van der Waals surface area contributed by atoms with Gasteiger partial charge in [0.05, 0.1) is 11.2 Å². The number of nitrogens with one attached hydrogen (secondary N) is 1. The van der Waals surface area contributed by atoms with Gasteiger partial charge in [0.1, 0.15) is 17.2 Å². The second-order valence-electron chi connectivity index (χ2n) is 7.08. The van der Waals surface area contributed by atoms with Gasteiger partial charge in [-0.2, -0.15) is 0 Å². The van der Waals surface area contributed by atoms with Gasteiger partial charge in [0.25, 0.3) is 5.91 Å². The number of halogens is 2. The molecular weight excluding hydrogens is 303 g/mol. The van der Waals surface area contributed by atoms with Crippen molar-refractivity contribution in [2.24, 2.45) is 0 Å². The molecule has 1 aliphatic rings. The van der Waals surface area contributed by atoms with Crippen molar-refractivity contribution in [3.63, 3.8) is 0 Å². The molecule has 0 saturated carbocycles. The Kier molecular flexibility index (Phi) is 4.56. The molecule has 0 atom stereocenters. The Morgan fingerprint density at radius 2 is 1.52 bits per heavy atom. The molecule has 1 aromatic rings. The fraction of sp³-hybridized carbons (Fsp3) is 0.562. The molecule has 0 spiro atoms. The number of hydrogen-bond acceptors (Lipinski definition) is 3. The van der Waals surface area contributed by atoms with E-state index < -0.39 is 41.4 Å². The lowest BCUT2D eigenvalue weighted by atomic mass is 9.78. The van der Waals surface area contributed by atoms with Crippen molar-refractivity contribution >= 4 is 18.5 Å². The van der Waals surface area contributed by atoms with E-state index in [-0.39, 0.29) is 11.5 Å². The Morgan fingerprint density at radius 3 is 1.91 bits per heavy atom. The molecule has 1 heterocycles. The lowest BCUT2D eigenvalue weighted by Gasteiger charge is -2.32. The van der Waals surface area contributed by atoms with Crippen molar-refractivity contribution in [1.29, 1.82) is 0 Å². The molecule has 126 valence electrons. The van der Waals surface area contributed by atoms with Crippen LogP contribution in [-0.4, -0.2) is 30.3 Å². The maximum Gasteiger partial charge on any atom is 0.495 e. The van der Waals surface area contributed by atoms with Gasteiger partial charge in [-0.15, -0.1) is 0 Å². The normalized spacial score (nSPS) is 19.3. The standard InChI is InChI=1S/C16H22BF2NO3/c1-9(2)20-14(21)13-11(18)7-10(8-12(13)19)17-22-15(3,4)16(5,6)23-17/h7-9H,1-6H3,(H,20,21). The fourth-order valence-electron chi connectivity index (χ4n) is 2.26. The van der Waals surface area contributed by atoms with E-state index in [1.54, 1.807) is 13.8 Å². The van der Waals surface area contributed by atoms with Gasteiger partial charge >= 0.3 is 7.12 Å². The van der Waals surface area contributed by atoms with Crippen LogP contribution in [0.3, 0.4) is 0 Å². The van der Waals surface area contributed by atoms with Crippen LogP contribution in [0.4, 0.5) is 8.78 Å². The predicted octanol–water partition coefficient (Wildman–Crippen LogP) is 2.40. The fourth-order valence-corrected chi connectivity index (χ4v) is 2.26. The van der Waals surface area contributed by atoms with E-state index >= 15 is 0 Å². The minimum Gasteiger partial charge on any atom is -0.399 e. The van der Waals surface area contributed by atoms with Crippen LogP contribution in [0.15, 0.2) is 12.1 Å². The van der Waals surface area contributed by atoms with E-state index in [0.29, 0.717) is 0 Å². The lowest BCUT2D eigenvalue weighted by Crippen LogP contribution is -2.41. The second kappa shape index (κ2) is 5.87. The highest BCUT2D eigenvalue weighted by atomic mass is 19.1. The Bertz CT molecular complexity index is 593. The Labute approximate surface area is 135 Å². The molecule has 23 heavy (non-hydrogen) atoms. The molecule has 7 heteroatoms. The Balaban J connectivity index is 2.33. The van der Waals surface area contributed by atoms with E-state index in [1.165, 1.54) is 0 Å². The van der Waals surface area contributed by atoms with Crippen LogP contribution in [0.5, 0.6) is 0 Å². The molecule has 0 bridgehead atoms. The van der Waals surface area contributed by atoms with Crippen molar-refractivity contribution in [3.05, 3.63) is 29.3 Å². The first kappa shape index (κ1) is 17.9. The van der Waals surface area contributed by atoms with Crippen LogP contribution >= 0.6 is 0 Å². The summed E-state index contributed by atoms with van der Waals surface area (Å²) >= 11 is 0. The molecule has 1 fully saturated rings. The Hall–Kier alpha value is -1.47. The van der Waals surface area contributed by atoms with Crippen LogP contribution < -0.4 is 10.8 Å². The molecule has 1 aliphatic heterocycles. The minimum absolute atomic E-state index is 0.208. The summed E-state index contributed by atoms with van der Waals surface area (Å²) in [5, 5.41) is 2.47. The number of carbonyl (C=O) groups excluding carboxylic acids is 1. The van der Waals surface area contributed by atoms with Crippen molar-refractivity contribution in [1.82, 2.24) is 5.32 Å². The van der Waals surface area contributed by atoms with E-state index in [4.69, 9.17) is 9.31 Å². The summed E-state index contributed by atoms with van der Waals surface area (Å²) in [6.45, 7) is 10.8. The molecule has 0 unspecified atom stereocenters. The maximum absolute atomic E-state index is 14.2. The van der Waals surface area contributed by atoms with Crippen molar-refractivity contribution in [2.75, 3.05) is 0 Å². The number of rotatable bonds is 3. The third-order valence-electron chi connectivity index (χ3n) is 4.24. The van der Waals surface area contributed by atoms with E-state index in [2.05, 4.69) is 5.32 Å². The van der Waals surface area contributed by atoms with Gasteiger partial charge < -0.3 is 14.6 Å². The first-order valence-corrected chi connectivity index (χ1v) is 7.60. The zero-order valence-electron chi connectivity index (χ0n) is 14.3. The summed E-state index contributed by atoms with van der Waals surface area (Å²) < 4.78 is 40.0. The number of amides is 1. The van der Waals surface area contributed by atoms with Crippen LogP contribution in [-0.2, 0) is 9.31 Å². The average molecular weight is 325 g/mol. The number of carbonyl (C=O) groups is 1. The highest BCUT2D eigenvalue weighted by Crippen LogP contribution is 2.36. The van der Waals surface area contributed by atoms with E-state index in [9.17, 15) is 13.6 Å². The summed E-state index contributed by atoms with van der Waals surface area (Å²) in [5.74, 6) is -2.66. The predicted molar refractivity (Wildman–Crippen MR) is 84.7 cm³/mol. The van der Waals surface area contributed by atoms with Crippen molar-refractivity contribution in [3.8, 4) is 0 Å². The highest BCUT2D eigenvalue weighted by Gasteiger charge is 2.52. The Morgan fingerprint density at radius 1 is 1.09 bits per heavy atom. The summed E-state index contributed by atoms with van der Waals surface area (Å²) in [5.41, 5.74) is -1.62. The molecule has 4 nitrogen and oxygen atoms in total. The highest BCUT2D eigenvalue weighted by molar-refractivity contribution is 6.62. The molecular formula is C16H22BF2NO3. The maximum atomic E-state index is 14.2. The largest absolute Gasteiger partial charge is 0.495 e. The molecule has 1 aromatic carbocycles. The van der Waals surface area contributed by atoms with Gasteiger partial charge in [-0.3, -0.25) is 4.79 Å². The van der Waals surface area contributed by atoms with Gasteiger partial charge in [-0.1, -0.05) is 0 Å². The van der Waals surface area contributed by atoms with Crippen LogP contribution in [0, 0.1) is 11.6 Å². The third-order valence-corrected chi connectivity index (χ3v) is 4.24. The zero-order valence-corrected chi connectivity index (χ0v) is 14.3.